The highest BCUT2D eigenvalue weighted by Gasteiger charge is 2.34. The van der Waals surface area contributed by atoms with Gasteiger partial charge < -0.3 is 29.7 Å². The molecule has 1 unspecified atom stereocenters. The highest BCUT2D eigenvalue weighted by Crippen LogP contribution is 2.36. The van der Waals surface area contributed by atoms with Crippen molar-refractivity contribution in [2.45, 2.75) is 31.4 Å². The van der Waals surface area contributed by atoms with Gasteiger partial charge in [-0.3, -0.25) is 4.79 Å². The zero-order valence-corrected chi connectivity index (χ0v) is 21.3. The molecule has 1 amide bonds. The molecule has 200 valence electrons. The zero-order valence-electron chi connectivity index (χ0n) is 21.3. The van der Waals surface area contributed by atoms with Gasteiger partial charge in [-0.2, -0.15) is 0 Å². The molecule has 9 heteroatoms. The number of likely N-dealkylation sites (tertiary alicyclic amines) is 1. The van der Waals surface area contributed by atoms with E-state index in [9.17, 15) is 14.3 Å². The van der Waals surface area contributed by atoms with Crippen LogP contribution in [0.5, 0.6) is 11.5 Å². The summed E-state index contributed by atoms with van der Waals surface area (Å²) in [5.41, 5.74) is 1.29. The zero-order chi connectivity index (χ0) is 26.1. The largest absolute Gasteiger partial charge is 0.486 e. The fourth-order valence-corrected chi connectivity index (χ4v) is 5.72. The van der Waals surface area contributed by atoms with Crippen molar-refractivity contribution in [2.75, 3.05) is 50.8 Å². The lowest BCUT2D eigenvalue weighted by Crippen LogP contribution is -2.48. The quantitative estimate of drug-likeness (QED) is 0.495. The molecule has 8 nitrogen and oxygen atoms in total. The van der Waals surface area contributed by atoms with Gasteiger partial charge >= 0.3 is 0 Å². The van der Waals surface area contributed by atoms with Crippen LogP contribution >= 0.6 is 0 Å². The molecule has 0 spiro atoms. The van der Waals surface area contributed by atoms with E-state index in [0.29, 0.717) is 31.7 Å². The number of amides is 1. The topological polar surface area (TPSA) is 87.2 Å². The summed E-state index contributed by atoms with van der Waals surface area (Å²) < 4.78 is 25.7. The number of aliphatic hydroxyl groups excluding tert-OH is 1. The summed E-state index contributed by atoms with van der Waals surface area (Å²) in [4.78, 5) is 22.6. The van der Waals surface area contributed by atoms with Crippen LogP contribution in [0.2, 0.25) is 0 Å². The van der Waals surface area contributed by atoms with Gasteiger partial charge in [-0.1, -0.05) is 18.2 Å². The minimum absolute atomic E-state index is 0.0701. The third-order valence-electron chi connectivity index (χ3n) is 7.79. The molecule has 0 aliphatic carbocycles. The number of benzene rings is 2. The molecular formula is C29H33FN4O4. The van der Waals surface area contributed by atoms with E-state index in [0.717, 1.165) is 49.2 Å². The first-order chi connectivity index (χ1) is 18.5. The van der Waals surface area contributed by atoms with Crippen molar-refractivity contribution < 1.29 is 23.8 Å². The summed E-state index contributed by atoms with van der Waals surface area (Å²) in [5, 5.41) is 15.6. The standard InChI is InChI=1S/C29H33FN4O4/c30-22-15-21(16-25-28(22)38-14-13-37-25)27(35)24(18-33-10-3-4-11-33)32-29(36)20-9-12-34(17-20)26-8-7-19-5-1-2-6-23(19)31-26/h1-2,5-8,15-16,20,24,27,35H,3-4,9-14,17-18H2,(H,32,36)/t20?,24-,27-/m1/s1. The van der Waals surface area contributed by atoms with E-state index in [1.54, 1.807) is 6.07 Å². The van der Waals surface area contributed by atoms with E-state index in [1.165, 1.54) is 6.07 Å². The van der Waals surface area contributed by atoms with Crippen LogP contribution in [0.3, 0.4) is 0 Å². The molecule has 3 atom stereocenters. The van der Waals surface area contributed by atoms with Crippen LogP contribution in [0.15, 0.2) is 48.5 Å². The van der Waals surface area contributed by atoms with E-state index in [4.69, 9.17) is 14.5 Å². The van der Waals surface area contributed by atoms with E-state index in [1.807, 2.05) is 30.3 Å². The smallest absolute Gasteiger partial charge is 0.225 e. The Labute approximate surface area is 221 Å². The first-order valence-corrected chi connectivity index (χ1v) is 13.5. The van der Waals surface area contributed by atoms with Crippen LogP contribution in [0.25, 0.3) is 10.9 Å². The van der Waals surface area contributed by atoms with Crippen LogP contribution in [0.4, 0.5) is 10.2 Å². The predicted molar refractivity (Wildman–Crippen MR) is 142 cm³/mol. The van der Waals surface area contributed by atoms with Crippen molar-refractivity contribution in [3.8, 4) is 11.5 Å². The number of carbonyl (C=O) groups is 1. The Hall–Kier alpha value is -3.43. The Balaban J connectivity index is 1.17. The number of nitrogens with zero attached hydrogens (tertiary/aromatic N) is 3. The second-order valence-electron chi connectivity index (χ2n) is 10.4. The third-order valence-corrected chi connectivity index (χ3v) is 7.79. The first kappa shape index (κ1) is 24.9. The summed E-state index contributed by atoms with van der Waals surface area (Å²) in [6.07, 6.45) is 1.78. The Bertz CT molecular complexity index is 1310. The van der Waals surface area contributed by atoms with Crippen molar-refractivity contribution >= 4 is 22.6 Å². The van der Waals surface area contributed by atoms with E-state index >= 15 is 0 Å². The van der Waals surface area contributed by atoms with Crippen LogP contribution in [-0.4, -0.2) is 72.9 Å². The van der Waals surface area contributed by atoms with Crippen molar-refractivity contribution in [2.24, 2.45) is 5.92 Å². The van der Waals surface area contributed by atoms with Crippen LogP contribution in [0, 0.1) is 11.7 Å². The van der Waals surface area contributed by atoms with Crippen molar-refractivity contribution in [3.05, 3.63) is 59.9 Å². The van der Waals surface area contributed by atoms with Gasteiger partial charge in [0.1, 0.15) is 25.1 Å². The molecule has 2 aromatic carbocycles. The Kier molecular flexibility index (Phi) is 7.04. The average Bonchev–Trinajstić information content (AvgIpc) is 3.65. The van der Waals surface area contributed by atoms with Gasteiger partial charge in [0.2, 0.25) is 5.91 Å². The predicted octanol–water partition coefficient (Wildman–Crippen LogP) is 3.29. The van der Waals surface area contributed by atoms with E-state index < -0.39 is 18.0 Å². The summed E-state index contributed by atoms with van der Waals surface area (Å²) in [7, 11) is 0. The van der Waals surface area contributed by atoms with Crippen molar-refractivity contribution in [1.29, 1.82) is 0 Å². The number of pyridine rings is 1. The SMILES string of the molecule is O=C(N[C@H](CN1CCCC1)[C@H](O)c1cc(F)c2c(c1)OCCO2)C1CCN(c2ccc3ccccc3n2)C1. The first-order valence-electron chi connectivity index (χ1n) is 13.5. The van der Waals surface area contributed by atoms with Gasteiger partial charge in [0.25, 0.3) is 0 Å². The highest BCUT2D eigenvalue weighted by atomic mass is 19.1. The molecule has 2 saturated heterocycles. The number of para-hydroxylation sites is 1. The maximum Gasteiger partial charge on any atom is 0.225 e. The molecule has 0 saturated carbocycles. The number of halogens is 1. The fourth-order valence-electron chi connectivity index (χ4n) is 5.72. The number of fused-ring (bicyclic) bond motifs is 2. The molecule has 0 radical (unpaired) electrons. The maximum absolute atomic E-state index is 14.7. The summed E-state index contributed by atoms with van der Waals surface area (Å²) in [6, 6.07) is 14.4. The number of hydrogen-bond acceptors (Lipinski definition) is 7. The van der Waals surface area contributed by atoms with Crippen molar-refractivity contribution in [3.63, 3.8) is 0 Å². The minimum atomic E-state index is -1.09. The minimum Gasteiger partial charge on any atom is -0.486 e. The summed E-state index contributed by atoms with van der Waals surface area (Å²) in [5.74, 6) is 0.311. The molecule has 3 aliphatic heterocycles. The third kappa shape index (κ3) is 5.13. The van der Waals surface area contributed by atoms with Gasteiger partial charge in [0, 0.05) is 25.0 Å². The fraction of sp³-hybridized carbons (Fsp3) is 0.448. The van der Waals surface area contributed by atoms with Gasteiger partial charge in [0.15, 0.2) is 17.3 Å². The number of carbonyl (C=O) groups excluding carboxylic acids is 1. The Morgan fingerprint density at radius 3 is 2.79 bits per heavy atom. The number of aromatic nitrogens is 1. The maximum atomic E-state index is 14.7. The molecule has 4 heterocycles. The molecule has 1 aromatic heterocycles. The monoisotopic (exact) mass is 520 g/mol. The number of rotatable bonds is 7. The second kappa shape index (κ2) is 10.7. The van der Waals surface area contributed by atoms with Gasteiger partial charge in [-0.15, -0.1) is 0 Å². The van der Waals surface area contributed by atoms with Gasteiger partial charge in [0.05, 0.1) is 17.5 Å². The number of aliphatic hydroxyl groups is 1. The van der Waals surface area contributed by atoms with Crippen LogP contribution in [0.1, 0.15) is 30.9 Å². The summed E-state index contributed by atoms with van der Waals surface area (Å²) >= 11 is 0. The van der Waals surface area contributed by atoms with E-state index in [2.05, 4.69) is 21.2 Å². The number of ether oxygens (including phenoxy) is 2. The summed E-state index contributed by atoms with van der Waals surface area (Å²) in [6.45, 7) is 4.22. The van der Waals surface area contributed by atoms with Crippen LogP contribution in [-0.2, 0) is 4.79 Å². The molecule has 3 aliphatic rings. The van der Waals surface area contributed by atoms with E-state index in [-0.39, 0.29) is 29.9 Å². The van der Waals surface area contributed by atoms with Gasteiger partial charge in [-0.25, -0.2) is 9.37 Å². The van der Waals surface area contributed by atoms with Gasteiger partial charge in [-0.05, 0) is 68.2 Å². The number of hydrogen-bond donors (Lipinski definition) is 2. The highest BCUT2D eigenvalue weighted by molar-refractivity contribution is 5.82. The lowest BCUT2D eigenvalue weighted by atomic mass is 9.99. The number of anilines is 1. The van der Waals surface area contributed by atoms with Crippen LogP contribution < -0.4 is 19.7 Å². The average molecular weight is 521 g/mol. The molecular weight excluding hydrogens is 487 g/mol. The Morgan fingerprint density at radius 1 is 1.11 bits per heavy atom. The second-order valence-corrected chi connectivity index (χ2v) is 10.4. The normalized spacial score (nSPS) is 21.0. The molecule has 2 fully saturated rings. The lowest BCUT2D eigenvalue weighted by molar-refractivity contribution is -0.126. The Morgan fingerprint density at radius 2 is 1.92 bits per heavy atom. The molecule has 38 heavy (non-hydrogen) atoms. The lowest BCUT2D eigenvalue weighted by Gasteiger charge is -2.30. The molecule has 3 aromatic rings. The molecule has 2 N–H and O–H groups in total. The van der Waals surface area contributed by atoms with Crippen molar-refractivity contribution in [1.82, 2.24) is 15.2 Å². The molecule has 0 bridgehead atoms. The number of nitrogens with one attached hydrogen (secondary N) is 1. The molecule has 6 rings (SSSR count).